The number of hydrogen-bond acceptors (Lipinski definition) is 3. The van der Waals surface area contributed by atoms with Crippen molar-refractivity contribution in [2.24, 2.45) is 0 Å². The van der Waals surface area contributed by atoms with Crippen molar-refractivity contribution in [1.29, 1.82) is 0 Å². The van der Waals surface area contributed by atoms with Crippen molar-refractivity contribution in [3.8, 4) is 0 Å². The van der Waals surface area contributed by atoms with Gasteiger partial charge < -0.3 is 10.1 Å². The number of ether oxygens (including phenoxy) is 1. The second-order valence-electron chi connectivity index (χ2n) is 3.53. The topological polar surface area (TPSA) is 38.3 Å². The zero-order chi connectivity index (χ0) is 12.0. The Kier molecular flexibility index (Phi) is 5.32. The largest absolute Gasteiger partial charge is 0.466 e. The molecule has 1 aromatic rings. The summed E-state index contributed by atoms with van der Waals surface area (Å²) in [4.78, 5) is 11.3. The summed E-state index contributed by atoms with van der Waals surface area (Å²) < 4.78 is 5.88. The molecule has 16 heavy (non-hydrogen) atoms. The zero-order valence-corrected chi connectivity index (χ0v) is 11.1. The molecule has 0 bridgehead atoms. The second kappa shape index (κ2) is 6.53. The fraction of sp³-hybridized carbons (Fsp3) is 0.417. The summed E-state index contributed by atoms with van der Waals surface area (Å²) in [6.45, 7) is 4.20. The summed E-state index contributed by atoms with van der Waals surface area (Å²) >= 11 is 3.44. The highest BCUT2D eigenvalue weighted by Gasteiger charge is 2.10. The molecule has 88 valence electrons. The van der Waals surface area contributed by atoms with Gasteiger partial charge in [-0.1, -0.05) is 12.1 Å². The van der Waals surface area contributed by atoms with E-state index in [0.29, 0.717) is 13.0 Å². The van der Waals surface area contributed by atoms with E-state index in [1.54, 1.807) is 0 Å². The Bertz CT molecular complexity index is 355. The molecule has 0 aliphatic carbocycles. The summed E-state index contributed by atoms with van der Waals surface area (Å²) in [5.74, 6) is -0.172. The van der Waals surface area contributed by atoms with Crippen molar-refractivity contribution in [3.63, 3.8) is 0 Å². The molecule has 1 atom stereocenters. The molecule has 0 radical (unpaired) electrons. The van der Waals surface area contributed by atoms with Gasteiger partial charge in [0.15, 0.2) is 0 Å². The predicted molar refractivity (Wildman–Crippen MR) is 68.5 cm³/mol. The van der Waals surface area contributed by atoms with Crippen LogP contribution in [0, 0.1) is 0 Å². The van der Waals surface area contributed by atoms with Crippen LogP contribution < -0.4 is 5.32 Å². The lowest BCUT2D eigenvalue weighted by Gasteiger charge is -2.15. The van der Waals surface area contributed by atoms with Crippen LogP contribution in [0.4, 0.5) is 5.69 Å². The molecule has 1 unspecified atom stereocenters. The van der Waals surface area contributed by atoms with Crippen molar-refractivity contribution in [1.82, 2.24) is 0 Å². The first kappa shape index (κ1) is 13.0. The lowest BCUT2D eigenvalue weighted by Crippen LogP contribution is -2.21. The van der Waals surface area contributed by atoms with Crippen molar-refractivity contribution >= 4 is 27.6 Å². The molecule has 1 rings (SSSR count). The van der Waals surface area contributed by atoms with Gasteiger partial charge in [0.1, 0.15) is 0 Å². The Hall–Kier alpha value is -1.03. The van der Waals surface area contributed by atoms with Gasteiger partial charge in [-0.05, 0) is 41.9 Å². The lowest BCUT2D eigenvalue weighted by molar-refractivity contribution is -0.143. The van der Waals surface area contributed by atoms with Gasteiger partial charge in [-0.25, -0.2) is 0 Å². The molecule has 4 heteroatoms. The zero-order valence-electron chi connectivity index (χ0n) is 9.50. The molecule has 1 N–H and O–H groups in total. The first-order valence-electron chi connectivity index (χ1n) is 5.30. The first-order valence-corrected chi connectivity index (χ1v) is 6.09. The van der Waals surface area contributed by atoms with Crippen LogP contribution >= 0.6 is 15.9 Å². The number of hydrogen-bond donors (Lipinski definition) is 1. The number of halogens is 1. The minimum absolute atomic E-state index is 0.0535. The van der Waals surface area contributed by atoms with E-state index in [1.807, 2.05) is 38.1 Å². The number of benzene rings is 1. The number of rotatable bonds is 5. The van der Waals surface area contributed by atoms with Gasteiger partial charge in [0, 0.05) is 16.2 Å². The van der Waals surface area contributed by atoms with Crippen molar-refractivity contribution in [2.75, 3.05) is 11.9 Å². The minimum atomic E-state index is -0.172. The van der Waals surface area contributed by atoms with Crippen molar-refractivity contribution in [3.05, 3.63) is 28.7 Å². The molecule has 0 amide bonds. The van der Waals surface area contributed by atoms with E-state index in [9.17, 15) is 4.79 Å². The Balaban J connectivity index is 2.48. The number of esters is 1. The maximum atomic E-state index is 11.3. The molecule has 0 saturated heterocycles. The maximum Gasteiger partial charge on any atom is 0.307 e. The van der Waals surface area contributed by atoms with E-state index in [-0.39, 0.29) is 12.0 Å². The number of para-hydroxylation sites is 1. The normalized spacial score (nSPS) is 11.9. The summed E-state index contributed by atoms with van der Waals surface area (Å²) in [5.41, 5.74) is 0.985. The molecule has 0 spiro atoms. The average molecular weight is 286 g/mol. The fourth-order valence-electron chi connectivity index (χ4n) is 1.36. The third kappa shape index (κ3) is 4.23. The van der Waals surface area contributed by atoms with Crippen LogP contribution in [0.1, 0.15) is 20.3 Å². The molecular weight excluding hydrogens is 270 g/mol. The Morgan fingerprint density at radius 1 is 1.50 bits per heavy atom. The Morgan fingerprint density at radius 3 is 2.81 bits per heavy atom. The van der Waals surface area contributed by atoms with Crippen LogP contribution in [-0.2, 0) is 9.53 Å². The van der Waals surface area contributed by atoms with E-state index in [0.717, 1.165) is 10.2 Å². The van der Waals surface area contributed by atoms with Gasteiger partial charge in [-0.2, -0.15) is 0 Å². The van der Waals surface area contributed by atoms with Crippen molar-refractivity contribution < 1.29 is 9.53 Å². The summed E-state index contributed by atoms with van der Waals surface area (Å²) in [6.07, 6.45) is 0.370. The highest BCUT2D eigenvalue weighted by molar-refractivity contribution is 9.10. The maximum absolute atomic E-state index is 11.3. The summed E-state index contributed by atoms with van der Waals surface area (Å²) in [7, 11) is 0. The van der Waals surface area contributed by atoms with E-state index < -0.39 is 0 Å². The number of anilines is 1. The minimum Gasteiger partial charge on any atom is -0.466 e. The molecule has 0 aliphatic rings. The quantitative estimate of drug-likeness (QED) is 0.845. The van der Waals surface area contributed by atoms with Crippen LogP contribution in [0.15, 0.2) is 28.7 Å². The third-order valence-corrected chi connectivity index (χ3v) is 2.75. The van der Waals surface area contributed by atoms with Crippen LogP contribution in [0.2, 0.25) is 0 Å². The molecule has 0 saturated carbocycles. The fourth-order valence-corrected chi connectivity index (χ4v) is 1.76. The van der Waals surface area contributed by atoms with Crippen LogP contribution in [0.25, 0.3) is 0 Å². The summed E-state index contributed by atoms with van der Waals surface area (Å²) in [5, 5.41) is 3.25. The smallest absolute Gasteiger partial charge is 0.307 e. The SMILES string of the molecule is CCOC(=O)CC(C)Nc1ccccc1Br. The van der Waals surface area contributed by atoms with E-state index in [1.165, 1.54) is 0 Å². The molecule has 0 aromatic heterocycles. The van der Waals surface area contributed by atoms with Gasteiger partial charge in [-0.15, -0.1) is 0 Å². The molecule has 0 aliphatic heterocycles. The van der Waals surface area contributed by atoms with Crippen LogP contribution in [-0.4, -0.2) is 18.6 Å². The summed E-state index contributed by atoms with van der Waals surface area (Å²) in [6, 6.07) is 7.87. The van der Waals surface area contributed by atoms with Gasteiger partial charge in [0.2, 0.25) is 0 Å². The van der Waals surface area contributed by atoms with Gasteiger partial charge in [-0.3, -0.25) is 4.79 Å². The second-order valence-corrected chi connectivity index (χ2v) is 4.39. The lowest BCUT2D eigenvalue weighted by atomic mass is 10.2. The highest BCUT2D eigenvalue weighted by atomic mass is 79.9. The Morgan fingerprint density at radius 2 is 2.19 bits per heavy atom. The first-order chi connectivity index (χ1) is 7.63. The highest BCUT2D eigenvalue weighted by Crippen LogP contribution is 2.22. The molecule has 0 fully saturated rings. The van der Waals surface area contributed by atoms with Crippen LogP contribution in [0.3, 0.4) is 0 Å². The number of carbonyl (C=O) groups excluding carboxylic acids is 1. The third-order valence-electron chi connectivity index (χ3n) is 2.05. The number of carbonyl (C=O) groups is 1. The monoisotopic (exact) mass is 285 g/mol. The molecule has 0 heterocycles. The molecule has 3 nitrogen and oxygen atoms in total. The van der Waals surface area contributed by atoms with Gasteiger partial charge in [0.05, 0.1) is 13.0 Å². The standard InChI is InChI=1S/C12H16BrNO2/c1-3-16-12(15)8-9(2)14-11-7-5-4-6-10(11)13/h4-7,9,14H,3,8H2,1-2H3. The average Bonchev–Trinajstić information content (AvgIpc) is 2.21. The predicted octanol–water partition coefficient (Wildman–Crippen LogP) is 3.20. The van der Waals surface area contributed by atoms with Gasteiger partial charge in [0.25, 0.3) is 0 Å². The molecular formula is C12H16BrNO2. The van der Waals surface area contributed by atoms with E-state index in [4.69, 9.17) is 4.74 Å². The Labute approximate surface area is 104 Å². The number of nitrogens with one attached hydrogen (secondary N) is 1. The van der Waals surface area contributed by atoms with Gasteiger partial charge >= 0.3 is 5.97 Å². The molecule has 1 aromatic carbocycles. The van der Waals surface area contributed by atoms with E-state index >= 15 is 0 Å². The van der Waals surface area contributed by atoms with Crippen LogP contribution in [0.5, 0.6) is 0 Å². The van der Waals surface area contributed by atoms with Crippen molar-refractivity contribution in [2.45, 2.75) is 26.3 Å². The van der Waals surface area contributed by atoms with E-state index in [2.05, 4.69) is 21.2 Å².